The molecule has 2 N–H and O–H groups in total. The van der Waals surface area contributed by atoms with Gasteiger partial charge in [0.1, 0.15) is 0 Å². The van der Waals surface area contributed by atoms with E-state index in [9.17, 15) is 4.79 Å². The van der Waals surface area contributed by atoms with Crippen LogP contribution in [-0.2, 0) is 9.59 Å². The maximum absolute atomic E-state index is 11.7. The summed E-state index contributed by atoms with van der Waals surface area (Å²) in [4.78, 5) is 20.7. The first-order valence-corrected chi connectivity index (χ1v) is 8.79. The molecular weight excluding hydrogens is 288 g/mol. The summed E-state index contributed by atoms with van der Waals surface area (Å²) in [6.07, 6.45) is 14.4. The van der Waals surface area contributed by atoms with Crippen molar-refractivity contribution in [1.29, 1.82) is 0 Å². The highest BCUT2D eigenvalue weighted by molar-refractivity contribution is 5.89. The van der Waals surface area contributed by atoms with E-state index in [-0.39, 0.29) is 11.3 Å². The molecule has 2 rings (SSSR count). The Morgan fingerprint density at radius 3 is 1.83 bits per heavy atom. The van der Waals surface area contributed by atoms with Crippen LogP contribution in [0.5, 0.6) is 0 Å². The van der Waals surface area contributed by atoms with E-state index in [1.54, 1.807) is 14.1 Å². The Morgan fingerprint density at radius 1 is 1.13 bits per heavy atom. The summed E-state index contributed by atoms with van der Waals surface area (Å²) in [7, 11) is 3.27. The van der Waals surface area contributed by atoms with Crippen LogP contribution in [0.25, 0.3) is 0 Å². The van der Waals surface area contributed by atoms with E-state index < -0.39 is 0 Å². The van der Waals surface area contributed by atoms with E-state index in [0.717, 1.165) is 19.3 Å². The van der Waals surface area contributed by atoms with Gasteiger partial charge in [-0.25, -0.2) is 0 Å². The van der Waals surface area contributed by atoms with Crippen molar-refractivity contribution < 1.29 is 9.59 Å². The molecule has 0 aromatic carbocycles. The van der Waals surface area contributed by atoms with E-state index in [1.165, 1.54) is 24.8 Å². The molecule has 0 atom stereocenters. The molecule has 23 heavy (non-hydrogen) atoms. The molecule has 2 aliphatic carbocycles. The summed E-state index contributed by atoms with van der Waals surface area (Å²) in [6.45, 7) is 8.10. The highest BCUT2D eigenvalue weighted by Crippen LogP contribution is 2.52. The van der Waals surface area contributed by atoms with Crippen molar-refractivity contribution in [1.82, 2.24) is 10.6 Å². The zero-order valence-corrected chi connectivity index (χ0v) is 15.9. The van der Waals surface area contributed by atoms with Gasteiger partial charge < -0.3 is 10.6 Å². The third-order valence-corrected chi connectivity index (χ3v) is 3.28. The van der Waals surface area contributed by atoms with Gasteiger partial charge in [-0.1, -0.05) is 58.3 Å². The molecule has 0 saturated heterocycles. The van der Waals surface area contributed by atoms with E-state index in [1.807, 2.05) is 20.8 Å². The van der Waals surface area contributed by atoms with Gasteiger partial charge in [-0.05, 0) is 31.8 Å². The predicted molar refractivity (Wildman–Crippen MR) is 99.2 cm³/mol. The minimum Gasteiger partial charge on any atom is -0.362 e. The fourth-order valence-corrected chi connectivity index (χ4v) is 1.79. The standard InChI is InChI=1S/C12H19NO.C3H6.C2H5NO.C2H6/c1-4-6-7-10(5-2)12(8-9-12)11(14)13-3;1-2-3-1;1-3-2-4;1-2/h5-7H,4,8-9H2,1-3H3,(H,13,14);1-3H2;2H,1H3,(H,3,4);1-2H3/b7-6-,10-5+;;;. The maximum atomic E-state index is 11.7. The van der Waals surface area contributed by atoms with Crippen molar-refractivity contribution in [2.24, 2.45) is 5.41 Å². The molecule has 0 aromatic rings. The third-order valence-electron chi connectivity index (χ3n) is 3.28. The molecule has 0 radical (unpaired) electrons. The predicted octanol–water partition coefficient (Wildman–Crippen LogP) is 3.98. The van der Waals surface area contributed by atoms with Crippen LogP contribution in [0.3, 0.4) is 0 Å². The molecule has 0 bridgehead atoms. The van der Waals surface area contributed by atoms with Gasteiger partial charge in [0.15, 0.2) is 0 Å². The number of carbonyl (C=O) groups is 2. The molecule has 0 aromatic heterocycles. The Bertz CT molecular complexity index is 365. The van der Waals surface area contributed by atoms with Crippen LogP contribution in [0.1, 0.15) is 66.2 Å². The zero-order valence-electron chi connectivity index (χ0n) is 15.9. The number of rotatable bonds is 5. The van der Waals surface area contributed by atoms with Gasteiger partial charge in [0.05, 0.1) is 5.41 Å². The first kappa shape index (κ1) is 23.7. The van der Waals surface area contributed by atoms with Gasteiger partial charge in [-0.15, -0.1) is 0 Å². The number of hydrogen-bond acceptors (Lipinski definition) is 2. The van der Waals surface area contributed by atoms with Crippen LogP contribution < -0.4 is 10.6 Å². The monoisotopic (exact) mass is 324 g/mol. The second-order valence-electron chi connectivity index (χ2n) is 5.18. The number of allylic oxidation sites excluding steroid dienone is 3. The number of amides is 2. The fourth-order valence-electron chi connectivity index (χ4n) is 1.79. The lowest BCUT2D eigenvalue weighted by molar-refractivity contribution is -0.124. The molecule has 0 spiro atoms. The maximum Gasteiger partial charge on any atom is 0.230 e. The van der Waals surface area contributed by atoms with Crippen molar-refractivity contribution in [3.05, 3.63) is 23.8 Å². The van der Waals surface area contributed by atoms with Crippen molar-refractivity contribution in [3.8, 4) is 0 Å². The summed E-state index contributed by atoms with van der Waals surface area (Å²) >= 11 is 0. The van der Waals surface area contributed by atoms with Crippen LogP contribution in [0.4, 0.5) is 0 Å². The minimum atomic E-state index is -0.199. The lowest BCUT2D eigenvalue weighted by Crippen LogP contribution is -2.29. The number of carbonyl (C=O) groups excluding carboxylic acids is 2. The largest absolute Gasteiger partial charge is 0.362 e. The Balaban J connectivity index is 0. The normalized spacial score (nSPS) is 16.3. The Kier molecular flexibility index (Phi) is 15.8. The van der Waals surface area contributed by atoms with Crippen LogP contribution >= 0.6 is 0 Å². The molecule has 4 heteroatoms. The molecular formula is C19H36N2O2. The van der Waals surface area contributed by atoms with Gasteiger partial charge in [0, 0.05) is 14.1 Å². The minimum absolute atomic E-state index is 0.159. The van der Waals surface area contributed by atoms with Crippen LogP contribution in [0.2, 0.25) is 0 Å². The number of nitrogens with one attached hydrogen (secondary N) is 2. The van der Waals surface area contributed by atoms with Crippen molar-refractivity contribution in [2.45, 2.75) is 66.2 Å². The van der Waals surface area contributed by atoms with Gasteiger partial charge >= 0.3 is 0 Å². The lowest BCUT2D eigenvalue weighted by Gasteiger charge is -2.14. The van der Waals surface area contributed by atoms with Crippen LogP contribution in [-0.4, -0.2) is 26.4 Å². The van der Waals surface area contributed by atoms with Gasteiger partial charge in [-0.3, -0.25) is 9.59 Å². The van der Waals surface area contributed by atoms with Crippen LogP contribution in [0.15, 0.2) is 23.8 Å². The SMILES string of the molecule is C/C=C(\C=C/CC)C1(C(=O)NC)CC1.C1CC1.CC.CNC=O. The molecule has 0 aliphatic heterocycles. The third kappa shape index (κ3) is 10.7. The molecule has 4 nitrogen and oxygen atoms in total. The highest BCUT2D eigenvalue weighted by Gasteiger charge is 2.51. The fraction of sp³-hybridized carbons (Fsp3) is 0.684. The van der Waals surface area contributed by atoms with E-state index in [0.29, 0.717) is 6.41 Å². The first-order chi connectivity index (χ1) is 11.1. The molecule has 0 heterocycles. The molecule has 2 amide bonds. The van der Waals surface area contributed by atoms with Gasteiger partial charge in [-0.2, -0.15) is 0 Å². The van der Waals surface area contributed by atoms with E-state index in [4.69, 9.17) is 4.79 Å². The Morgan fingerprint density at radius 2 is 1.61 bits per heavy atom. The quantitative estimate of drug-likeness (QED) is 0.593. The Hall–Kier alpha value is -1.58. The number of hydrogen-bond donors (Lipinski definition) is 2. The summed E-state index contributed by atoms with van der Waals surface area (Å²) in [5.41, 5.74) is 0.966. The van der Waals surface area contributed by atoms with E-state index >= 15 is 0 Å². The second-order valence-corrected chi connectivity index (χ2v) is 5.18. The smallest absolute Gasteiger partial charge is 0.230 e. The van der Waals surface area contributed by atoms with Gasteiger partial charge in [0.25, 0.3) is 0 Å². The van der Waals surface area contributed by atoms with E-state index in [2.05, 4.69) is 35.8 Å². The van der Waals surface area contributed by atoms with Gasteiger partial charge in [0.2, 0.25) is 12.3 Å². The Labute approximate surface area is 142 Å². The summed E-state index contributed by atoms with van der Waals surface area (Å²) in [6, 6.07) is 0. The topological polar surface area (TPSA) is 58.2 Å². The average molecular weight is 325 g/mol. The van der Waals surface area contributed by atoms with Crippen molar-refractivity contribution in [3.63, 3.8) is 0 Å². The van der Waals surface area contributed by atoms with Crippen molar-refractivity contribution >= 4 is 12.3 Å². The summed E-state index contributed by atoms with van der Waals surface area (Å²) in [5, 5.41) is 5.00. The molecule has 134 valence electrons. The summed E-state index contributed by atoms with van der Waals surface area (Å²) < 4.78 is 0. The van der Waals surface area contributed by atoms with Crippen LogP contribution in [0, 0.1) is 5.41 Å². The van der Waals surface area contributed by atoms with Crippen molar-refractivity contribution in [2.75, 3.05) is 14.1 Å². The molecule has 2 saturated carbocycles. The average Bonchev–Trinajstić information content (AvgIpc) is 3.49. The zero-order chi connectivity index (χ0) is 18.1. The molecule has 2 fully saturated rings. The molecule has 2 aliphatic rings. The highest BCUT2D eigenvalue weighted by atomic mass is 16.2. The second kappa shape index (κ2) is 15.3. The first-order valence-electron chi connectivity index (χ1n) is 8.79. The summed E-state index contributed by atoms with van der Waals surface area (Å²) in [5.74, 6) is 0.159. The molecule has 0 unspecified atom stereocenters. The lowest BCUT2D eigenvalue weighted by atomic mass is 9.94.